The SMILES string of the molecule is COC(=O)c1ccc(N=C[C@@H]2C(=O)NC(=S)N(c3ccc(C)cc3)C2=O)cc1Cl. The fourth-order valence-corrected chi connectivity index (χ4v) is 3.23. The van der Waals surface area contributed by atoms with Crippen molar-refractivity contribution in [2.75, 3.05) is 12.0 Å². The smallest absolute Gasteiger partial charge is 0.339 e. The summed E-state index contributed by atoms with van der Waals surface area (Å²) in [5, 5.41) is 2.68. The Labute approximate surface area is 177 Å². The van der Waals surface area contributed by atoms with Gasteiger partial charge in [0.05, 0.1) is 29.1 Å². The van der Waals surface area contributed by atoms with Crippen LogP contribution >= 0.6 is 23.8 Å². The molecule has 9 heteroatoms. The Bertz CT molecular complexity index is 1040. The van der Waals surface area contributed by atoms with E-state index in [1.165, 1.54) is 36.4 Å². The molecule has 0 aromatic heterocycles. The zero-order chi connectivity index (χ0) is 21.1. The van der Waals surface area contributed by atoms with Gasteiger partial charge < -0.3 is 10.1 Å². The van der Waals surface area contributed by atoms with E-state index in [1.54, 1.807) is 12.1 Å². The van der Waals surface area contributed by atoms with Gasteiger partial charge in [-0.2, -0.15) is 0 Å². The number of hydrogen-bond acceptors (Lipinski definition) is 6. The average molecular weight is 430 g/mol. The van der Waals surface area contributed by atoms with Crippen LogP contribution in [-0.4, -0.2) is 36.2 Å². The van der Waals surface area contributed by atoms with Crippen LogP contribution in [0.3, 0.4) is 0 Å². The molecule has 1 aliphatic rings. The van der Waals surface area contributed by atoms with E-state index >= 15 is 0 Å². The highest BCUT2D eigenvalue weighted by molar-refractivity contribution is 7.80. The third kappa shape index (κ3) is 4.33. The largest absolute Gasteiger partial charge is 0.465 e. The molecule has 0 aliphatic carbocycles. The third-order valence-electron chi connectivity index (χ3n) is 4.22. The molecule has 7 nitrogen and oxygen atoms in total. The zero-order valence-electron chi connectivity index (χ0n) is 15.5. The molecule has 2 amide bonds. The van der Waals surface area contributed by atoms with Crippen molar-refractivity contribution >= 4 is 64.3 Å². The van der Waals surface area contributed by atoms with Crippen molar-refractivity contribution in [1.29, 1.82) is 0 Å². The number of ether oxygens (including phenoxy) is 1. The van der Waals surface area contributed by atoms with Gasteiger partial charge in [-0.1, -0.05) is 29.3 Å². The highest BCUT2D eigenvalue weighted by Gasteiger charge is 2.38. The first kappa shape index (κ1) is 20.6. The lowest BCUT2D eigenvalue weighted by Gasteiger charge is -2.30. The van der Waals surface area contributed by atoms with Crippen LogP contribution in [0.5, 0.6) is 0 Å². The molecule has 2 aromatic carbocycles. The highest BCUT2D eigenvalue weighted by atomic mass is 35.5. The van der Waals surface area contributed by atoms with Crippen molar-refractivity contribution in [3.63, 3.8) is 0 Å². The molecular weight excluding hydrogens is 414 g/mol. The maximum atomic E-state index is 12.9. The van der Waals surface area contributed by atoms with Crippen LogP contribution in [0, 0.1) is 12.8 Å². The van der Waals surface area contributed by atoms with E-state index in [0.29, 0.717) is 11.4 Å². The van der Waals surface area contributed by atoms with Gasteiger partial charge in [0.1, 0.15) is 0 Å². The maximum absolute atomic E-state index is 12.9. The molecule has 29 heavy (non-hydrogen) atoms. The lowest BCUT2D eigenvalue weighted by molar-refractivity contribution is -0.130. The van der Waals surface area contributed by atoms with Crippen molar-refractivity contribution in [3.8, 4) is 0 Å². The van der Waals surface area contributed by atoms with E-state index < -0.39 is 23.7 Å². The number of carbonyl (C=O) groups is 3. The molecule has 1 saturated heterocycles. The zero-order valence-corrected chi connectivity index (χ0v) is 17.1. The number of anilines is 1. The molecule has 148 valence electrons. The van der Waals surface area contributed by atoms with Gasteiger partial charge in [-0.15, -0.1) is 0 Å². The van der Waals surface area contributed by atoms with Crippen LogP contribution in [0.15, 0.2) is 47.5 Å². The summed E-state index contributed by atoms with van der Waals surface area (Å²) in [5.74, 6) is -2.82. The number of hydrogen-bond donors (Lipinski definition) is 1. The fraction of sp³-hybridized carbons (Fsp3) is 0.150. The Morgan fingerprint density at radius 1 is 1.24 bits per heavy atom. The van der Waals surface area contributed by atoms with Crippen molar-refractivity contribution in [1.82, 2.24) is 5.32 Å². The van der Waals surface area contributed by atoms with Crippen LogP contribution < -0.4 is 10.2 Å². The highest BCUT2D eigenvalue weighted by Crippen LogP contribution is 2.25. The lowest BCUT2D eigenvalue weighted by Crippen LogP contribution is -2.58. The molecule has 1 fully saturated rings. The molecule has 1 N–H and O–H groups in total. The maximum Gasteiger partial charge on any atom is 0.339 e. The third-order valence-corrected chi connectivity index (χ3v) is 4.82. The number of methoxy groups -OCH3 is 1. The summed E-state index contributed by atoms with van der Waals surface area (Å²) >= 11 is 11.2. The molecule has 0 saturated carbocycles. The van der Waals surface area contributed by atoms with E-state index in [2.05, 4.69) is 15.0 Å². The van der Waals surface area contributed by atoms with Gasteiger partial charge in [0.2, 0.25) is 5.91 Å². The average Bonchev–Trinajstić information content (AvgIpc) is 2.68. The van der Waals surface area contributed by atoms with Gasteiger partial charge in [-0.05, 0) is 49.5 Å². The molecule has 2 aromatic rings. The number of esters is 1. The van der Waals surface area contributed by atoms with E-state index in [-0.39, 0.29) is 15.7 Å². The van der Waals surface area contributed by atoms with Crippen LogP contribution in [0.1, 0.15) is 15.9 Å². The number of carbonyl (C=O) groups excluding carboxylic acids is 3. The van der Waals surface area contributed by atoms with E-state index in [4.69, 9.17) is 23.8 Å². The minimum atomic E-state index is -1.16. The number of halogens is 1. The summed E-state index contributed by atoms with van der Waals surface area (Å²) < 4.78 is 4.63. The Morgan fingerprint density at radius 3 is 2.55 bits per heavy atom. The van der Waals surface area contributed by atoms with Gasteiger partial charge in [0.25, 0.3) is 5.91 Å². The van der Waals surface area contributed by atoms with Crippen LogP contribution in [0.25, 0.3) is 0 Å². The first-order valence-electron chi connectivity index (χ1n) is 8.49. The Balaban J connectivity index is 1.86. The number of benzene rings is 2. The molecule has 0 bridgehead atoms. The summed E-state index contributed by atoms with van der Waals surface area (Å²) in [7, 11) is 1.25. The molecule has 0 radical (unpaired) electrons. The fourth-order valence-electron chi connectivity index (χ4n) is 2.68. The summed E-state index contributed by atoms with van der Waals surface area (Å²) in [4.78, 5) is 42.2. The predicted molar refractivity (Wildman–Crippen MR) is 114 cm³/mol. The van der Waals surface area contributed by atoms with Crippen molar-refractivity contribution in [3.05, 3.63) is 58.6 Å². The second-order valence-electron chi connectivity index (χ2n) is 6.22. The number of nitrogens with zero attached hydrogens (tertiary/aromatic N) is 2. The van der Waals surface area contributed by atoms with Gasteiger partial charge in [-0.25, -0.2) is 4.79 Å². The summed E-state index contributed by atoms with van der Waals surface area (Å²) in [6.45, 7) is 1.92. The standard InChI is InChI=1S/C20H16ClN3O4S/c1-11-3-6-13(7-4-11)24-18(26)15(17(25)23-20(24)29)10-22-12-5-8-14(16(21)9-12)19(27)28-2/h3-10,15H,1-2H3,(H,23,25,29)/t15-/m1/s1. The van der Waals surface area contributed by atoms with Gasteiger partial charge in [-0.3, -0.25) is 19.5 Å². The van der Waals surface area contributed by atoms with Crippen LogP contribution in [0.4, 0.5) is 11.4 Å². The number of aryl methyl sites for hydroxylation is 1. The summed E-state index contributed by atoms with van der Waals surface area (Å²) in [6.07, 6.45) is 1.23. The molecule has 1 heterocycles. The molecule has 1 aliphatic heterocycles. The second kappa shape index (κ2) is 8.50. The monoisotopic (exact) mass is 429 g/mol. The minimum Gasteiger partial charge on any atom is -0.465 e. The molecule has 0 spiro atoms. The van der Waals surface area contributed by atoms with Crippen molar-refractivity contribution in [2.45, 2.75) is 6.92 Å². The summed E-state index contributed by atoms with van der Waals surface area (Å²) in [5.41, 5.74) is 2.14. The minimum absolute atomic E-state index is 0.0129. The molecule has 3 rings (SSSR count). The number of nitrogens with one attached hydrogen (secondary N) is 1. The Morgan fingerprint density at radius 2 is 1.93 bits per heavy atom. The van der Waals surface area contributed by atoms with Crippen LogP contribution in [-0.2, 0) is 14.3 Å². The lowest BCUT2D eigenvalue weighted by atomic mass is 10.1. The number of aliphatic imine (C=N–C) groups is 1. The molecule has 1 atom stereocenters. The summed E-state index contributed by atoms with van der Waals surface area (Å²) in [6, 6.07) is 11.6. The van der Waals surface area contributed by atoms with E-state index in [0.717, 1.165) is 5.56 Å². The van der Waals surface area contributed by atoms with Gasteiger partial charge >= 0.3 is 5.97 Å². The van der Waals surface area contributed by atoms with Crippen molar-refractivity contribution in [2.24, 2.45) is 10.9 Å². The van der Waals surface area contributed by atoms with Gasteiger partial charge in [0.15, 0.2) is 11.0 Å². The normalized spacial score (nSPS) is 16.9. The Hall–Kier alpha value is -3.10. The Kier molecular flexibility index (Phi) is 6.05. The van der Waals surface area contributed by atoms with Gasteiger partial charge in [0, 0.05) is 6.21 Å². The van der Waals surface area contributed by atoms with E-state index in [1.807, 2.05) is 19.1 Å². The van der Waals surface area contributed by atoms with Crippen molar-refractivity contribution < 1.29 is 19.1 Å². The second-order valence-corrected chi connectivity index (χ2v) is 7.01. The van der Waals surface area contributed by atoms with E-state index in [9.17, 15) is 14.4 Å². The predicted octanol–water partition coefficient (Wildman–Crippen LogP) is 3.20. The molecule has 0 unspecified atom stereocenters. The number of rotatable bonds is 4. The topological polar surface area (TPSA) is 88.1 Å². The number of thiocarbonyl (C=S) groups is 1. The first-order valence-corrected chi connectivity index (χ1v) is 9.28. The first-order chi connectivity index (χ1) is 13.8. The quantitative estimate of drug-likeness (QED) is 0.349. The number of amides is 2. The van der Waals surface area contributed by atoms with Crippen LogP contribution in [0.2, 0.25) is 5.02 Å². The molecular formula is C20H16ClN3O4S.